The highest BCUT2D eigenvalue weighted by molar-refractivity contribution is 9.10. The Labute approximate surface area is 105 Å². The topological polar surface area (TPSA) is 22.1 Å². The smallest absolute Gasteiger partial charge is 0.219 e. The SMILES string of the molecule is Fc1ccc(Oc2ccc(Br)cn2)c(Cl)c1. The normalized spacial score (nSPS) is 10.2. The standard InChI is InChI=1S/C11H6BrClFNO/c12-7-1-4-11(15-6-7)16-10-3-2-8(14)5-9(10)13/h1-6H. The van der Waals surface area contributed by atoms with E-state index in [1.807, 2.05) is 0 Å². The molecule has 2 rings (SSSR count). The summed E-state index contributed by atoms with van der Waals surface area (Å²) in [7, 11) is 0. The van der Waals surface area contributed by atoms with Gasteiger partial charge in [-0.1, -0.05) is 11.6 Å². The molecule has 1 heterocycles. The van der Waals surface area contributed by atoms with Gasteiger partial charge in [0, 0.05) is 16.7 Å². The molecule has 1 aromatic carbocycles. The van der Waals surface area contributed by atoms with Crippen molar-refractivity contribution >= 4 is 27.5 Å². The Morgan fingerprint density at radius 3 is 2.69 bits per heavy atom. The second kappa shape index (κ2) is 4.80. The summed E-state index contributed by atoms with van der Waals surface area (Å²) in [6.45, 7) is 0. The van der Waals surface area contributed by atoms with Crippen molar-refractivity contribution in [3.8, 4) is 11.6 Å². The van der Waals surface area contributed by atoms with Gasteiger partial charge in [0.2, 0.25) is 5.88 Å². The maximum absolute atomic E-state index is 12.8. The van der Waals surface area contributed by atoms with Crippen molar-refractivity contribution < 1.29 is 9.13 Å². The van der Waals surface area contributed by atoms with E-state index in [1.54, 1.807) is 18.3 Å². The minimum atomic E-state index is -0.402. The second-order valence-electron chi connectivity index (χ2n) is 2.99. The molecule has 0 saturated heterocycles. The largest absolute Gasteiger partial charge is 0.437 e. The average Bonchev–Trinajstić information content (AvgIpc) is 2.25. The number of rotatable bonds is 2. The minimum Gasteiger partial charge on any atom is -0.437 e. The van der Waals surface area contributed by atoms with Gasteiger partial charge in [0.25, 0.3) is 0 Å². The molecular formula is C11H6BrClFNO. The number of pyridine rings is 1. The van der Waals surface area contributed by atoms with Gasteiger partial charge in [-0.15, -0.1) is 0 Å². The first-order chi connectivity index (χ1) is 7.65. The molecule has 0 unspecified atom stereocenters. The van der Waals surface area contributed by atoms with E-state index in [-0.39, 0.29) is 5.02 Å². The molecule has 0 aliphatic heterocycles. The van der Waals surface area contributed by atoms with Crippen LogP contribution in [0.2, 0.25) is 5.02 Å². The van der Waals surface area contributed by atoms with Gasteiger partial charge in [-0.05, 0) is 40.2 Å². The summed E-state index contributed by atoms with van der Waals surface area (Å²) in [6.07, 6.45) is 1.60. The molecule has 0 aliphatic rings. The fraction of sp³-hybridized carbons (Fsp3) is 0. The lowest BCUT2D eigenvalue weighted by Crippen LogP contribution is -1.88. The van der Waals surface area contributed by atoms with Crippen molar-refractivity contribution in [2.45, 2.75) is 0 Å². The van der Waals surface area contributed by atoms with Crippen LogP contribution in [-0.4, -0.2) is 4.98 Å². The van der Waals surface area contributed by atoms with E-state index in [0.29, 0.717) is 11.6 Å². The Morgan fingerprint density at radius 1 is 1.25 bits per heavy atom. The summed E-state index contributed by atoms with van der Waals surface area (Å²) in [5, 5.41) is 0.213. The molecular weight excluding hydrogens is 296 g/mol. The van der Waals surface area contributed by atoms with Gasteiger partial charge in [-0.2, -0.15) is 0 Å². The van der Waals surface area contributed by atoms with Crippen LogP contribution in [0, 0.1) is 5.82 Å². The number of aromatic nitrogens is 1. The maximum atomic E-state index is 12.8. The summed E-state index contributed by atoms with van der Waals surface area (Å²) in [5.41, 5.74) is 0. The molecule has 0 atom stereocenters. The van der Waals surface area contributed by atoms with Gasteiger partial charge in [-0.3, -0.25) is 0 Å². The summed E-state index contributed by atoms with van der Waals surface area (Å²) < 4.78 is 19.0. The zero-order valence-corrected chi connectivity index (χ0v) is 10.3. The number of nitrogens with zero attached hydrogens (tertiary/aromatic N) is 1. The molecule has 16 heavy (non-hydrogen) atoms. The average molecular weight is 303 g/mol. The molecule has 82 valence electrons. The van der Waals surface area contributed by atoms with Gasteiger partial charge >= 0.3 is 0 Å². The van der Waals surface area contributed by atoms with Gasteiger partial charge in [0.15, 0.2) is 0 Å². The van der Waals surface area contributed by atoms with Crippen LogP contribution in [0.15, 0.2) is 41.0 Å². The van der Waals surface area contributed by atoms with Crippen molar-refractivity contribution in [2.75, 3.05) is 0 Å². The van der Waals surface area contributed by atoms with E-state index in [1.165, 1.54) is 18.2 Å². The Balaban J connectivity index is 2.23. The van der Waals surface area contributed by atoms with Crippen LogP contribution < -0.4 is 4.74 Å². The van der Waals surface area contributed by atoms with E-state index in [9.17, 15) is 4.39 Å². The van der Waals surface area contributed by atoms with Crippen LogP contribution in [0.25, 0.3) is 0 Å². The molecule has 2 aromatic rings. The fourth-order valence-corrected chi connectivity index (χ4v) is 1.53. The molecule has 2 nitrogen and oxygen atoms in total. The molecule has 0 N–H and O–H groups in total. The van der Waals surface area contributed by atoms with Gasteiger partial charge in [0.05, 0.1) is 5.02 Å². The highest BCUT2D eigenvalue weighted by Crippen LogP contribution is 2.29. The molecule has 1 aromatic heterocycles. The molecule has 0 amide bonds. The van der Waals surface area contributed by atoms with Gasteiger partial charge < -0.3 is 4.74 Å². The zero-order chi connectivity index (χ0) is 11.5. The number of hydrogen-bond acceptors (Lipinski definition) is 2. The van der Waals surface area contributed by atoms with Crippen molar-refractivity contribution in [3.63, 3.8) is 0 Å². The third-order valence-corrected chi connectivity index (χ3v) is 2.57. The minimum absolute atomic E-state index is 0.213. The van der Waals surface area contributed by atoms with E-state index in [2.05, 4.69) is 20.9 Å². The molecule has 0 radical (unpaired) electrons. The Hall–Kier alpha value is -1.13. The second-order valence-corrected chi connectivity index (χ2v) is 4.31. The van der Waals surface area contributed by atoms with Crippen molar-refractivity contribution in [1.82, 2.24) is 4.98 Å². The molecule has 0 spiro atoms. The lowest BCUT2D eigenvalue weighted by Gasteiger charge is -2.06. The predicted molar refractivity (Wildman–Crippen MR) is 63.4 cm³/mol. The Kier molecular flexibility index (Phi) is 3.41. The first-order valence-electron chi connectivity index (χ1n) is 4.39. The van der Waals surface area contributed by atoms with E-state index >= 15 is 0 Å². The van der Waals surface area contributed by atoms with Crippen LogP contribution in [-0.2, 0) is 0 Å². The molecule has 5 heteroatoms. The van der Waals surface area contributed by atoms with Crippen LogP contribution in [0.5, 0.6) is 11.6 Å². The number of ether oxygens (including phenoxy) is 1. The summed E-state index contributed by atoms with van der Waals surface area (Å²) >= 11 is 9.07. The van der Waals surface area contributed by atoms with E-state index in [4.69, 9.17) is 16.3 Å². The number of benzene rings is 1. The first-order valence-corrected chi connectivity index (χ1v) is 5.57. The first kappa shape index (κ1) is 11.4. The third-order valence-electron chi connectivity index (χ3n) is 1.81. The summed E-state index contributed by atoms with van der Waals surface area (Å²) in [4.78, 5) is 4.02. The Morgan fingerprint density at radius 2 is 2.06 bits per heavy atom. The van der Waals surface area contributed by atoms with Crippen molar-refractivity contribution in [2.24, 2.45) is 0 Å². The van der Waals surface area contributed by atoms with Crippen LogP contribution in [0.3, 0.4) is 0 Å². The van der Waals surface area contributed by atoms with Crippen LogP contribution >= 0.6 is 27.5 Å². The van der Waals surface area contributed by atoms with E-state index in [0.717, 1.165) is 4.47 Å². The van der Waals surface area contributed by atoms with Crippen molar-refractivity contribution in [3.05, 3.63) is 51.8 Å². The fourth-order valence-electron chi connectivity index (χ4n) is 1.09. The maximum Gasteiger partial charge on any atom is 0.219 e. The third kappa shape index (κ3) is 2.71. The molecule has 0 bridgehead atoms. The quantitative estimate of drug-likeness (QED) is 0.819. The number of hydrogen-bond donors (Lipinski definition) is 0. The molecule has 0 fully saturated rings. The van der Waals surface area contributed by atoms with Crippen LogP contribution in [0.4, 0.5) is 4.39 Å². The van der Waals surface area contributed by atoms with E-state index < -0.39 is 5.82 Å². The van der Waals surface area contributed by atoms with Gasteiger partial charge in [-0.25, -0.2) is 9.37 Å². The van der Waals surface area contributed by atoms with Crippen LogP contribution in [0.1, 0.15) is 0 Å². The number of halogens is 3. The lowest BCUT2D eigenvalue weighted by molar-refractivity contribution is 0.461. The lowest BCUT2D eigenvalue weighted by atomic mass is 10.3. The Bertz CT molecular complexity index is 504. The summed E-state index contributed by atoms with van der Waals surface area (Å²) in [6, 6.07) is 7.40. The zero-order valence-electron chi connectivity index (χ0n) is 7.95. The molecule has 0 saturated carbocycles. The summed E-state index contributed by atoms with van der Waals surface area (Å²) in [5.74, 6) is 0.371. The highest BCUT2D eigenvalue weighted by Gasteiger charge is 2.05. The van der Waals surface area contributed by atoms with Crippen molar-refractivity contribution in [1.29, 1.82) is 0 Å². The highest BCUT2D eigenvalue weighted by atomic mass is 79.9. The molecule has 0 aliphatic carbocycles. The van der Waals surface area contributed by atoms with Gasteiger partial charge in [0.1, 0.15) is 11.6 Å². The predicted octanol–water partition coefficient (Wildman–Crippen LogP) is 4.43. The monoisotopic (exact) mass is 301 g/mol.